The molecule has 5 heteroatoms. The van der Waals surface area contributed by atoms with E-state index in [1.165, 1.54) is 0 Å². The third-order valence-corrected chi connectivity index (χ3v) is 2.43. The summed E-state index contributed by atoms with van der Waals surface area (Å²) in [5, 5.41) is 0. The average molecular weight is 248 g/mol. The minimum Gasteiger partial charge on any atom is -0.390 e. The van der Waals surface area contributed by atoms with Gasteiger partial charge in [0.05, 0.1) is 0 Å². The van der Waals surface area contributed by atoms with Crippen LogP contribution in [0.3, 0.4) is 0 Å². The molecule has 0 fully saturated rings. The monoisotopic (exact) mass is 248 g/mol. The van der Waals surface area contributed by atoms with Gasteiger partial charge >= 0.3 is 8.80 Å². The van der Waals surface area contributed by atoms with E-state index < -0.39 is 8.80 Å². The second-order valence-corrected chi connectivity index (χ2v) is 4.69. The van der Waals surface area contributed by atoms with Crippen LogP contribution >= 0.6 is 22.6 Å². The van der Waals surface area contributed by atoms with E-state index in [0.29, 0.717) is 6.42 Å². The van der Waals surface area contributed by atoms with E-state index in [1.54, 1.807) is 0 Å². The van der Waals surface area contributed by atoms with Gasteiger partial charge < -0.3 is 14.4 Å². The summed E-state index contributed by atoms with van der Waals surface area (Å²) in [6.07, 6.45) is 0.677. The highest BCUT2D eigenvalue weighted by Gasteiger charge is 2.24. The molecule has 0 aromatic rings. The van der Waals surface area contributed by atoms with E-state index in [1.807, 2.05) is 0 Å². The van der Waals surface area contributed by atoms with Crippen LogP contribution in [0.2, 0.25) is 6.04 Å². The summed E-state index contributed by atoms with van der Waals surface area (Å²) in [6, 6.07) is 0.163. The fourth-order valence-corrected chi connectivity index (χ4v) is 2.06. The Morgan fingerprint density at radius 1 is 1.25 bits per heavy atom. The summed E-state index contributed by atoms with van der Waals surface area (Å²) in [5.41, 5.74) is 0. The minimum absolute atomic E-state index is 0.163. The molecule has 0 radical (unpaired) electrons. The second kappa shape index (κ2) is 3.78. The maximum atomic E-state index is 8.40. The normalized spacial score (nSPS) is 12.0. The molecule has 0 aromatic carbocycles. The molecular weight excluding hydrogens is 239 g/mol. The standard InChI is InChI=1S/C3H9IO3Si/c4-2-1-3-8(5,6)7/h5-7H,1-3H2. The van der Waals surface area contributed by atoms with Gasteiger partial charge in [-0.2, -0.15) is 0 Å². The van der Waals surface area contributed by atoms with Crippen LogP contribution in [0, 0.1) is 0 Å². The first-order chi connectivity index (χ1) is 3.56. The SMILES string of the molecule is O[Si](O)(O)CCCI. The molecule has 0 aromatic heterocycles. The van der Waals surface area contributed by atoms with Gasteiger partial charge in [-0.3, -0.25) is 0 Å². The Balaban J connectivity index is 3.11. The minimum atomic E-state index is -3.68. The molecule has 0 amide bonds. The Bertz CT molecular complexity index is 62.0. The van der Waals surface area contributed by atoms with Gasteiger partial charge in [0.25, 0.3) is 0 Å². The Labute approximate surface area is 62.9 Å². The van der Waals surface area contributed by atoms with Gasteiger partial charge in [-0.15, -0.1) is 0 Å². The lowest BCUT2D eigenvalue weighted by molar-refractivity contribution is 0.227. The molecule has 0 heterocycles. The topological polar surface area (TPSA) is 60.7 Å². The van der Waals surface area contributed by atoms with Crippen LogP contribution in [0.4, 0.5) is 0 Å². The number of hydrogen-bond acceptors (Lipinski definition) is 3. The Morgan fingerprint density at radius 2 is 1.75 bits per heavy atom. The highest BCUT2D eigenvalue weighted by Crippen LogP contribution is 2.02. The highest BCUT2D eigenvalue weighted by atomic mass is 127. The van der Waals surface area contributed by atoms with E-state index in [2.05, 4.69) is 22.6 Å². The van der Waals surface area contributed by atoms with Gasteiger partial charge in [0, 0.05) is 6.04 Å². The van der Waals surface area contributed by atoms with Gasteiger partial charge in [0.2, 0.25) is 0 Å². The van der Waals surface area contributed by atoms with Crippen LogP contribution in [-0.4, -0.2) is 27.6 Å². The van der Waals surface area contributed by atoms with Gasteiger partial charge in [-0.05, 0) is 10.8 Å². The molecule has 0 aliphatic carbocycles. The number of hydrogen-bond donors (Lipinski definition) is 3. The summed E-state index contributed by atoms with van der Waals surface area (Å²) in [5.74, 6) is 0. The molecule has 0 unspecified atom stereocenters. The first-order valence-corrected chi connectivity index (χ1v) is 5.87. The molecule has 0 atom stereocenters. The van der Waals surface area contributed by atoms with Crippen molar-refractivity contribution in [3.63, 3.8) is 0 Å². The van der Waals surface area contributed by atoms with Crippen LogP contribution in [-0.2, 0) is 0 Å². The smallest absolute Gasteiger partial charge is 0.390 e. The third kappa shape index (κ3) is 6.83. The van der Waals surface area contributed by atoms with E-state index in [-0.39, 0.29) is 6.04 Å². The number of halogens is 1. The van der Waals surface area contributed by atoms with Crippen molar-refractivity contribution in [1.29, 1.82) is 0 Å². The van der Waals surface area contributed by atoms with Gasteiger partial charge in [0.1, 0.15) is 0 Å². The molecule has 0 aliphatic heterocycles. The molecular formula is C3H9IO3Si. The highest BCUT2D eigenvalue weighted by molar-refractivity contribution is 14.1. The van der Waals surface area contributed by atoms with Crippen LogP contribution in [0.25, 0.3) is 0 Å². The van der Waals surface area contributed by atoms with Crippen molar-refractivity contribution in [1.82, 2.24) is 0 Å². The zero-order valence-corrected chi connectivity index (χ0v) is 7.50. The predicted octanol–water partition coefficient (Wildman–Crippen LogP) is -0.273. The molecule has 3 nitrogen and oxygen atoms in total. The van der Waals surface area contributed by atoms with E-state index in [9.17, 15) is 0 Å². The molecule has 0 spiro atoms. The van der Waals surface area contributed by atoms with Crippen molar-refractivity contribution in [2.24, 2.45) is 0 Å². The summed E-state index contributed by atoms with van der Waals surface area (Å²) in [6.45, 7) is 0. The second-order valence-electron chi connectivity index (χ2n) is 1.57. The van der Waals surface area contributed by atoms with Gasteiger partial charge in [0.15, 0.2) is 0 Å². The number of rotatable bonds is 3. The van der Waals surface area contributed by atoms with Crippen LogP contribution in [0.1, 0.15) is 6.42 Å². The molecule has 0 rings (SSSR count). The van der Waals surface area contributed by atoms with Gasteiger partial charge in [-0.25, -0.2) is 0 Å². The number of alkyl halides is 1. The van der Waals surface area contributed by atoms with Crippen LogP contribution in [0.15, 0.2) is 0 Å². The lowest BCUT2D eigenvalue weighted by Crippen LogP contribution is -2.34. The van der Waals surface area contributed by atoms with Crippen LogP contribution < -0.4 is 0 Å². The third-order valence-electron chi connectivity index (χ3n) is 0.646. The van der Waals surface area contributed by atoms with Crippen molar-refractivity contribution in [3.8, 4) is 0 Å². The van der Waals surface area contributed by atoms with Crippen molar-refractivity contribution in [2.75, 3.05) is 4.43 Å². The van der Waals surface area contributed by atoms with Gasteiger partial charge in [-0.1, -0.05) is 22.6 Å². The van der Waals surface area contributed by atoms with E-state index >= 15 is 0 Å². The molecule has 50 valence electrons. The zero-order chi connectivity index (χ0) is 6.62. The summed E-state index contributed by atoms with van der Waals surface area (Å²) in [4.78, 5) is 25.2. The lowest BCUT2D eigenvalue weighted by Gasteiger charge is -2.05. The fourth-order valence-electron chi connectivity index (χ4n) is 0.304. The average Bonchev–Trinajstić information content (AvgIpc) is 1.59. The Hall–Kier alpha value is 0.827. The summed E-state index contributed by atoms with van der Waals surface area (Å²) < 4.78 is 0.855. The molecule has 0 aliphatic rings. The molecule has 8 heavy (non-hydrogen) atoms. The van der Waals surface area contributed by atoms with Crippen molar-refractivity contribution >= 4 is 31.4 Å². The van der Waals surface area contributed by atoms with Crippen LogP contribution in [0.5, 0.6) is 0 Å². The van der Waals surface area contributed by atoms with Crippen molar-refractivity contribution in [3.05, 3.63) is 0 Å². The maximum absolute atomic E-state index is 8.40. The molecule has 0 saturated carbocycles. The Kier molecular flexibility index (Phi) is 4.17. The first kappa shape index (κ1) is 8.83. The quantitative estimate of drug-likeness (QED) is 0.366. The maximum Gasteiger partial charge on any atom is 0.492 e. The Morgan fingerprint density at radius 3 is 1.88 bits per heavy atom. The largest absolute Gasteiger partial charge is 0.492 e. The van der Waals surface area contributed by atoms with E-state index in [4.69, 9.17) is 14.4 Å². The zero-order valence-electron chi connectivity index (χ0n) is 4.34. The predicted molar refractivity (Wildman–Crippen MR) is 40.7 cm³/mol. The molecule has 0 saturated heterocycles. The fraction of sp³-hybridized carbons (Fsp3) is 1.00. The summed E-state index contributed by atoms with van der Waals surface area (Å²) in [7, 11) is -3.68. The lowest BCUT2D eigenvalue weighted by atomic mass is 10.6. The molecule has 0 bridgehead atoms. The van der Waals surface area contributed by atoms with E-state index in [0.717, 1.165) is 4.43 Å². The van der Waals surface area contributed by atoms with Crippen molar-refractivity contribution in [2.45, 2.75) is 12.5 Å². The van der Waals surface area contributed by atoms with Crippen molar-refractivity contribution < 1.29 is 14.4 Å². The summed E-state index contributed by atoms with van der Waals surface area (Å²) >= 11 is 2.12. The first-order valence-electron chi connectivity index (χ1n) is 2.29. The molecule has 3 N–H and O–H groups in total.